The standard InChI is InChI=1S/C14H19F3N2/c1-19-8-6-11(7-9-19)10-18-13-5-3-2-4-12(13)14(15,16)17/h2-5,11,18H,6-10H2,1H3. The molecule has 1 fully saturated rings. The predicted molar refractivity (Wildman–Crippen MR) is 70.2 cm³/mol. The topological polar surface area (TPSA) is 15.3 Å². The van der Waals surface area contributed by atoms with E-state index in [0.717, 1.165) is 32.0 Å². The summed E-state index contributed by atoms with van der Waals surface area (Å²) in [6, 6.07) is 5.67. The lowest BCUT2D eigenvalue weighted by molar-refractivity contribution is -0.137. The fraction of sp³-hybridized carbons (Fsp3) is 0.571. The Labute approximate surface area is 111 Å². The summed E-state index contributed by atoms with van der Waals surface area (Å²) in [5, 5.41) is 2.97. The molecule has 5 heteroatoms. The summed E-state index contributed by atoms with van der Waals surface area (Å²) in [5.41, 5.74) is -0.392. The average molecular weight is 272 g/mol. The minimum absolute atomic E-state index is 0.189. The van der Waals surface area contributed by atoms with Gasteiger partial charge in [0.2, 0.25) is 0 Å². The van der Waals surface area contributed by atoms with Crippen molar-refractivity contribution >= 4 is 5.69 Å². The molecule has 2 rings (SSSR count). The average Bonchev–Trinajstić information content (AvgIpc) is 2.37. The maximum absolute atomic E-state index is 12.8. The van der Waals surface area contributed by atoms with Crippen molar-refractivity contribution in [2.24, 2.45) is 5.92 Å². The van der Waals surface area contributed by atoms with Crippen LogP contribution in [-0.4, -0.2) is 31.6 Å². The number of piperidine rings is 1. The third kappa shape index (κ3) is 3.86. The van der Waals surface area contributed by atoms with E-state index in [4.69, 9.17) is 0 Å². The maximum Gasteiger partial charge on any atom is 0.418 e. The SMILES string of the molecule is CN1CCC(CNc2ccccc2C(F)(F)F)CC1. The van der Waals surface area contributed by atoms with Crippen LogP contribution in [0, 0.1) is 5.92 Å². The van der Waals surface area contributed by atoms with Gasteiger partial charge in [-0.25, -0.2) is 0 Å². The van der Waals surface area contributed by atoms with Gasteiger partial charge < -0.3 is 10.2 Å². The molecule has 2 nitrogen and oxygen atoms in total. The first-order chi connectivity index (χ1) is 8.97. The first kappa shape index (κ1) is 14.2. The Morgan fingerprint density at radius 1 is 1.21 bits per heavy atom. The van der Waals surface area contributed by atoms with Crippen LogP contribution in [0.25, 0.3) is 0 Å². The zero-order valence-corrected chi connectivity index (χ0v) is 11.0. The number of nitrogens with one attached hydrogen (secondary N) is 1. The fourth-order valence-corrected chi connectivity index (χ4v) is 2.40. The summed E-state index contributed by atoms with van der Waals surface area (Å²) in [7, 11) is 2.07. The summed E-state index contributed by atoms with van der Waals surface area (Å²) in [4.78, 5) is 2.25. The second-order valence-corrected chi connectivity index (χ2v) is 5.17. The molecule has 1 aromatic carbocycles. The molecule has 0 saturated carbocycles. The minimum atomic E-state index is -4.30. The molecule has 1 N–H and O–H groups in total. The molecule has 19 heavy (non-hydrogen) atoms. The first-order valence-corrected chi connectivity index (χ1v) is 6.55. The molecule has 0 atom stereocenters. The fourth-order valence-electron chi connectivity index (χ4n) is 2.40. The van der Waals surface area contributed by atoms with E-state index in [1.807, 2.05) is 0 Å². The van der Waals surface area contributed by atoms with Crippen molar-refractivity contribution in [2.45, 2.75) is 19.0 Å². The Kier molecular flexibility index (Phi) is 4.34. The largest absolute Gasteiger partial charge is 0.418 e. The molecular formula is C14H19F3N2. The summed E-state index contributed by atoms with van der Waals surface area (Å²) >= 11 is 0. The summed E-state index contributed by atoms with van der Waals surface area (Å²) < 4.78 is 38.5. The van der Waals surface area contributed by atoms with Crippen molar-refractivity contribution in [2.75, 3.05) is 32.0 Å². The molecule has 0 unspecified atom stereocenters. The highest BCUT2D eigenvalue weighted by Gasteiger charge is 2.33. The lowest BCUT2D eigenvalue weighted by Gasteiger charge is -2.29. The molecule has 0 radical (unpaired) electrons. The van der Waals surface area contributed by atoms with Crippen LogP contribution in [0.5, 0.6) is 0 Å². The van der Waals surface area contributed by atoms with Crippen molar-refractivity contribution in [1.29, 1.82) is 0 Å². The lowest BCUT2D eigenvalue weighted by Crippen LogP contribution is -2.33. The second kappa shape index (κ2) is 5.82. The van der Waals surface area contributed by atoms with Gasteiger partial charge in [-0.1, -0.05) is 12.1 Å². The number of rotatable bonds is 3. The molecule has 0 aliphatic carbocycles. The van der Waals surface area contributed by atoms with Crippen LogP contribution in [0.2, 0.25) is 0 Å². The van der Waals surface area contributed by atoms with Crippen molar-refractivity contribution in [3.05, 3.63) is 29.8 Å². The summed E-state index contributed by atoms with van der Waals surface area (Å²) in [6.07, 6.45) is -2.22. The number of hydrogen-bond donors (Lipinski definition) is 1. The van der Waals surface area contributed by atoms with E-state index in [0.29, 0.717) is 12.5 Å². The van der Waals surface area contributed by atoms with Crippen LogP contribution < -0.4 is 5.32 Å². The molecule has 106 valence electrons. The summed E-state index contributed by atoms with van der Waals surface area (Å²) in [5.74, 6) is 0.456. The Bertz CT molecular complexity index is 409. The first-order valence-electron chi connectivity index (χ1n) is 6.55. The second-order valence-electron chi connectivity index (χ2n) is 5.17. The van der Waals surface area contributed by atoms with Crippen LogP contribution in [0.3, 0.4) is 0 Å². The number of alkyl halides is 3. The smallest absolute Gasteiger partial charge is 0.384 e. The molecule has 1 aliphatic heterocycles. The van der Waals surface area contributed by atoms with Gasteiger partial charge in [-0.2, -0.15) is 13.2 Å². The molecule has 0 amide bonds. The van der Waals surface area contributed by atoms with E-state index in [2.05, 4.69) is 17.3 Å². The number of halogens is 3. The van der Waals surface area contributed by atoms with E-state index >= 15 is 0 Å². The third-order valence-corrected chi connectivity index (χ3v) is 3.65. The normalized spacial score (nSPS) is 18.5. The van der Waals surface area contributed by atoms with E-state index in [1.54, 1.807) is 6.07 Å². The zero-order valence-electron chi connectivity index (χ0n) is 11.0. The molecule has 1 aliphatic rings. The van der Waals surface area contributed by atoms with Gasteiger partial charge in [-0.05, 0) is 51.0 Å². The van der Waals surface area contributed by atoms with Crippen molar-refractivity contribution in [3.8, 4) is 0 Å². The predicted octanol–water partition coefficient (Wildman–Crippen LogP) is 3.46. The molecule has 0 bridgehead atoms. The van der Waals surface area contributed by atoms with Crippen LogP contribution in [0.4, 0.5) is 18.9 Å². The van der Waals surface area contributed by atoms with Gasteiger partial charge in [0.25, 0.3) is 0 Å². The zero-order chi connectivity index (χ0) is 13.9. The Balaban J connectivity index is 1.96. The van der Waals surface area contributed by atoms with Gasteiger partial charge in [0.05, 0.1) is 5.56 Å². The van der Waals surface area contributed by atoms with E-state index < -0.39 is 11.7 Å². The number of hydrogen-bond acceptors (Lipinski definition) is 2. The van der Waals surface area contributed by atoms with E-state index in [1.165, 1.54) is 12.1 Å². The Morgan fingerprint density at radius 2 is 1.84 bits per heavy atom. The molecule has 0 aromatic heterocycles. The highest BCUT2D eigenvalue weighted by atomic mass is 19.4. The van der Waals surface area contributed by atoms with Crippen LogP contribution in [0.1, 0.15) is 18.4 Å². The highest BCUT2D eigenvalue weighted by Crippen LogP contribution is 2.34. The number of anilines is 1. The maximum atomic E-state index is 12.8. The third-order valence-electron chi connectivity index (χ3n) is 3.65. The molecule has 1 saturated heterocycles. The van der Waals surface area contributed by atoms with E-state index in [9.17, 15) is 13.2 Å². The number of likely N-dealkylation sites (tertiary alicyclic amines) is 1. The monoisotopic (exact) mass is 272 g/mol. The molecule has 1 heterocycles. The van der Waals surface area contributed by atoms with Gasteiger partial charge >= 0.3 is 6.18 Å². The molecule has 1 aromatic rings. The van der Waals surface area contributed by atoms with Gasteiger partial charge in [0.15, 0.2) is 0 Å². The lowest BCUT2D eigenvalue weighted by atomic mass is 9.97. The van der Waals surface area contributed by atoms with Crippen molar-refractivity contribution < 1.29 is 13.2 Å². The molecule has 0 spiro atoms. The van der Waals surface area contributed by atoms with Crippen LogP contribution >= 0.6 is 0 Å². The van der Waals surface area contributed by atoms with Crippen molar-refractivity contribution in [1.82, 2.24) is 4.90 Å². The Hall–Kier alpha value is -1.23. The Morgan fingerprint density at radius 3 is 2.47 bits per heavy atom. The van der Waals surface area contributed by atoms with E-state index in [-0.39, 0.29) is 5.69 Å². The van der Waals surface area contributed by atoms with Crippen molar-refractivity contribution in [3.63, 3.8) is 0 Å². The van der Waals surface area contributed by atoms with Crippen LogP contribution in [-0.2, 0) is 6.18 Å². The number of nitrogens with zero attached hydrogens (tertiary/aromatic N) is 1. The quantitative estimate of drug-likeness (QED) is 0.906. The summed E-state index contributed by atoms with van der Waals surface area (Å²) in [6.45, 7) is 2.65. The van der Waals surface area contributed by atoms with Gasteiger partial charge in [-0.15, -0.1) is 0 Å². The van der Waals surface area contributed by atoms with Gasteiger partial charge in [-0.3, -0.25) is 0 Å². The van der Waals surface area contributed by atoms with Gasteiger partial charge in [0.1, 0.15) is 0 Å². The minimum Gasteiger partial charge on any atom is -0.384 e. The number of benzene rings is 1. The highest BCUT2D eigenvalue weighted by molar-refractivity contribution is 5.52. The molecular weight excluding hydrogens is 253 g/mol. The number of para-hydroxylation sites is 1. The van der Waals surface area contributed by atoms with Crippen LogP contribution in [0.15, 0.2) is 24.3 Å². The van der Waals surface area contributed by atoms with Gasteiger partial charge in [0, 0.05) is 12.2 Å².